The van der Waals surface area contributed by atoms with E-state index in [0.717, 1.165) is 30.1 Å². The summed E-state index contributed by atoms with van der Waals surface area (Å²) in [5, 5.41) is 0. The molecule has 0 saturated heterocycles. The lowest BCUT2D eigenvalue weighted by molar-refractivity contribution is 0.625. The topological polar surface area (TPSA) is 0 Å². The van der Waals surface area contributed by atoms with Gasteiger partial charge in [0.05, 0.1) is 4.83 Å². The highest BCUT2D eigenvalue weighted by molar-refractivity contribution is 9.11. The van der Waals surface area contributed by atoms with Crippen molar-refractivity contribution in [2.45, 2.75) is 11.8 Å². The van der Waals surface area contributed by atoms with Crippen LogP contribution in [-0.4, -0.2) is 0 Å². The zero-order chi connectivity index (χ0) is 14.2. The number of halogens is 5. The zero-order valence-corrected chi connectivity index (χ0v) is 16.2. The van der Waals surface area contributed by atoms with Crippen molar-refractivity contribution in [3.63, 3.8) is 0 Å². The smallest absolute Gasteiger partial charge is 0.123 e. The molecule has 0 saturated carbocycles. The van der Waals surface area contributed by atoms with Gasteiger partial charge in [-0.1, -0.05) is 63.7 Å². The summed E-state index contributed by atoms with van der Waals surface area (Å²) >= 11 is 14.2. The Morgan fingerprint density at radius 1 is 0.895 bits per heavy atom. The molecule has 0 N–H and O–H groups in total. The van der Waals surface area contributed by atoms with E-state index < -0.39 is 0 Å². The van der Waals surface area contributed by atoms with Crippen LogP contribution in [0.4, 0.5) is 4.39 Å². The van der Waals surface area contributed by atoms with E-state index in [-0.39, 0.29) is 10.6 Å². The SMILES string of the molecule is Cc1cc(Br)c(C(Br)c2cc(F)ccc2Br)cc1Br. The lowest BCUT2D eigenvalue weighted by Gasteiger charge is -2.16. The fourth-order valence-electron chi connectivity index (χ4n) is 1.73. The van der Waals surface area contributed by atoms with Gasteiger partial charge in [0.2, 0.25) is 0 Å². The molecule has 2 rings (SSSR count). The van der Waals surface area contributed by atoms with Gasteiger partial charge >= 0.3 is 0 Å². The van der Waals surface area contributed by atoms with E-state index in [2.05, 4.69) is 63.7 Å². The van der Waals surface area contributed by atoms with Gasteiger partial charge < -0.3 is 0 Å². The summed E-state index contributed by atoms with van der Waals surface area (Å²) in [6.45, 7) is 2.03. The van der Waals surface area contributed by atoms with E-state index >= 15 is 0 Å². The Morgan fingerprint density at radius 3 is 2.21 bits per heavy atom. The molecule has 2 aromatic carbocycles. The average Bonchev–Trinajstić information content (AvgIpc) is 2.36. The third kappa shape index (κ3) is 3.49. The molecule has 0 radical (unpaired) electrons. The third-order valence-corrected chi connectivity index (χ3v) is 6.03. The first kappa shape index (κ1) is 15.7. The Labute approximate surface area is 145 Å². The van der Waals surface area contributed by atoms with E-state index in [1.54, 1.807) is 6.07 Å². The first-order valence-electron chi connectivity index (χ1n) is 5.44. The molecule has 0 spiro atoms. The van der Waals surface area contributed by atoms with Crippen LogP contribution in [0.15, 0.2) is 43.7 Å². The van der Waals surface area contributed by atoms with E-state index in [0.29, 0.717) is 0 Å². The largest absolute Gasteiger partial charge is 0.207 e. The van der Waals surface area contributed by atoms with Crippen LogP contribution < -0.4 is 0 Å². The van der Waals surface area contributed by atoms with Crippen molar-refractivity contribution in [2.24, 2.45) is 0 Å². The lowest BCUT2D eigenvalue weighted by atomic mass is 10.0. The molecule has 1 atom stereocenters. The van der Waals surface area contributed by atoms with E-state index in [4.69, 9.17) is 0 Å². The highest BCUT2D eigenvalue weighted by Gasteiger charge is 2.18. The molecule has 5 heteroatoms. The van der Waals surface area contributed by atoms with Crippen LogP contribution >= 0.6 is 63.7 Å². The number of hydrogen-bond donors (Lipinski definition) is 0. The Kier molecular flexibility index (Phi) is 5.26. The Hall–Kier alpha value is 0.290. The van der Waals surface area contributed by atoms with Crippen molar-refractivity contribution in [3.05, 3.63) is 66.3 Å². The number of hydrogen-bond acceptors (Lipinski definition) is 0. The van der Waals surface area contributed by atoms with Gasteiger partial charge in [0.15, 0.2) is 0 Å². The Bertz CT molecular complexity index is 625. The number of rotatable bonds is 2. The van der Waals surface area contributed by atoms with Crippen molar-refractivity contribution in [3.8, 4) is 0 Å². The van der Waals surface area contributed by atoms with Gasteiger partial charge in [-0.05, 0) is 53.9 Å². The highest BCUT2D eigenvalue weighted by Crippen LogP contribution is 2.40. The van der Waals surface area contributed by atoms with Gasteiger partial charge in [-0.2, -0.15) is 0 Å². The van der Waals surface area contributed by atoms with Gasteiger partial charge in [-0.3, -0.25) is 0 Å². The summed E-state index contributed by atoms with van der Waals surface area (Å²) in [6.07, 6.45) is 0. The minimum atomic E-state index is -0.245. The quantitative estimate of drug-likeness (QED) is 0.381. The van der Waals surface area contributed by atoms with Gasteiger partial charge in [-0.15, -0.1) is 0 Å². The van der Waals surface area contributed by atoms with Crippen LogP contribution in [0.1, 0.15) is 21.5 Å². The van der Waals surface area contributed by atoms with Crippen LogP contribution in [0.5, 0.6) is 0 Å². The Balaban J connectivity index is 2.52. The highest BCUT2D eigenvalue weighted by atomic mass is 79.9. The van der Waals surface area contributed by atoms with Gasteiger partial charge in [0.25, 0.3) is 0 Å². The maximum Gasteiger partial charge on any atom is 0.123 e. The summed E-state index contributed by atoms with van der Waals surface area (Å²) < 4.78 is 16.3. The second-order valence-corrected chi connectivity index (χ2v) is 7.63. The third-order valence-electron chi connectivity index (χ3n) is 2.78. The van der Waals surface area contributed by atoms with Crippen LogP contribution in [0, 0.1) is 12.7 Å². The van der Waals surface area contributed by atoms with Gasteiger partial charge in [0.1, 0.15) is 5.82 Å². The van der Waals surface area contributed by atoms with Crippen LogP contribution in [-0.2, 0) is 0 Å². The average molecular weight is 516 g/mol. The summed E-state index contributed by atoms with van der Waals surface area (Å²) in [5.41, 5.74) is 3.05. The molecule has 0 heterocycles. The maximum atomic E-state index is 13.4. The molecular formula is C14H9Br4F. The lowest BCUT2D eigenvalue weighted by Crippen LogP contribution is -1.97. The minimum Gasteiger partial charge on any atom is -0.207 e. The van der Waals surface area contributed by atoms with E-state index in [9.17, 15) is 4.39 Å². The minimum absolute atomic E-state index is 0.0937. The number of aryl methyl sites for hydroxylation is 1. The molecule has 0 nitrogen and oxygen atoms in total. The normalized spacial score (nSPS) is 12.5. The summed E-state index contributed by atoms with van der Waals surface area (Å²) in [5.74, 6) is -0.245. The van der Waals surface area contributed by atoms with Gasteiger partial charge in [0, 0.05) is 13.4 Å². The van der Waals surface area contributed by atoms with Crippen LogP contribution in [0.3, 0.4) is 0 Å². The van der Waals surface area contributed by atoms with Crippen molar-refractivity contribution < 1.29 is 4.39 Å². The van der Waals surface area contributed by atoms with Crippen LogP contribution in [0.2, 0.25) is 0 Å². The second-order valence-electron chi connectivity index (χ2n) is 4.15. The first-order valence-corrected chi connectivity index (χ1v) is 8.74. The van der Waals surface area contributed by atoms with E-state index in [1.807, 2.05) is 19.1 Å². The molecule has 1 unspecified atom stereocenters. The molecule has 0 amide bonds. The fraction of sp³-hybridized carbons (Fsp3) is 0.143. The molecule has 2 aromatic rings. The maximum absolute atomic E-state index is 13.4. The first-order chi connectivity index (χ1) is 8.90. The zero-order valence-electron chi connectivity index (χ0n) is 9.85. The van der Waals surface area contributed by atoms with E-state index in [1.165, 1.54) is 12.1 Å². The summed E-state index contributed by atoms with van der Waals surface area (Å²) in [6, 6.07) is 8.77. The second kappa shape index (κ2) is 6.37. The molecule has 100 valence electrons. The molecule has 0 aliphatic rings. The van der Waals surface area contributed by atoms with Crippen molar-refractivity contribution in [2.75, 3.05) is 0 Å². The molecule has 0 aromatic heterocycles. The van der Waals surface area contributed by atoms with Gasteiger partial charge in [-0.25, -0.2) is 4.39 Å². The monoisotopic (exact) mass is 512 g/mol. The number of benzene rings is 2. The van der Waals surface area contributed by atoms with Crippen molar-refractivity contribution in [1.82, 2.24) is 0 Å². The molecular weight excluding hydrogens is 507 g/mol. The van der Waals surface area contributed by atoms with Crippen LogP contribution in [0.25, 0.3) is 0 Å². The molecule has 19 heavy (non-hydrogen) atoms. The molecule has 0 fully saturated rings. The fourth-order valence-corrected chi connectivity index (χ4v) is 4.63. The summed E-state index contributed by atoms with van der Waals surface area (Å²) in [7, 11) is 0. The molecule has 0 bridgehead atoms. The van der Waals surface area contributed by atoms with Crippen molar-refractivity contribution in [1.29, 1.82) is 0 Å². The molecule has 0 aliphatic carbocycles. The molecule has 0 aliphatic heterocycles. The predicted molar refractivity (Wildman–Crippen MR) is 91.4 cm³/mol. The Morgan fingerprint density at radius 2 is 1.53 bits per heavy atom. The standard InChI is InChI=1S/C14H9Br4F/c1-7-4-13(17)10(6-12(7)16)14(18)9-5-8(19)2-3-11(9)15/h2-6,14H,1H3. The van der Waals surface area contributed by atoms with Crippen molar-refractivity contribution >= 4 is 63.7 Å². The summed E-state index contributed by atoms with van der Waals surface area (Å²) in [4.78, 5) is -0.0937. The number of alkyl halides is 1. The predicted octanol–water partition coefficient (Wildman–Crippen LogP) is 6.91.